The van der Waals surface area contributed by atoms with E-state index in [0.29, 0.717) is 0 Å². The van der Waals surface area contributed by atoms with E-state index in [1.807, 2.05) is 30.3 Å². The average Bonchev–Trinajstić information content (AvgIpc) is 3.43. The van der Waals surface area contributed by atoms with E-state index in [-0.39, 0.29) is 11.9 Å². The Morgan fingerprint density at radius 2 is 1.73 bits per heavy atom. The van der Waals surface area contributed by atoms with E-state index in [9.17, 15) is 4.79 Å². The van der Waals surface area contributed by atoms with Gasteiger partial charge in [-0.15, -0.1) is 22.7 Å². The number of piperidine rings is 1. The number of para-hydroxylation sites is 1. The number of nitrogens with zero attached hydrogens (tertiary/aromatic N) is 2. The molecule has 6 heteroatoms. The van der Waals surface area contributed by atoms with Crippen molar-refractivity contribution in [1.82, 2.24) is 15.2 Å². The van der Waals surface area contributed by atoms with Crippen molar-refractivity contribution in [2.75, 3.05) is 13.1 Å². The fourth-order valence-electron chi connectivity index (χ4n) is 3.89. The number of thiophene rings is 1. The van der Waals surface area contributed by atoms with Crippen LogP contribution in [0.1, 0.15) is 28.1 Å². The van der Waals surface area contributed by atoms with Crippen molar-refractivity contribution in [2.45, 2.75) is 25.4 Å². The van der Waals surface area contributed by atoms with Crippen LogP contribution in [-0.4, -0.2) is 34.9 Å². The lowest BCUT2D eigenvalue weighted by Crippen LogP contribution is -2.44. The van der Waals surface area contributed by atoms with Crippen molar-refractivity contribution >= 4 is 38.8 Å². The predicted molar refractivity (Wildman–Crippen MR) is 125 cm³/mol. The molecule has 0 radical (unpaired) electrons. The Balaban J connectivity index is 1.17. The number of aromatic nitrogens is 1. The standard InChI is InChI=1S/C24H23N3OS2/c28-23(25-18-12-14-27(15-13-18)16-17-6-2-1-3-7-17)21-10-11-22(29-21)24-26-19-8-4-5-9-20(19)30-24/h1-11,18H,12-16H2,(H,25,28). The molecule has 0 atom stereocenters. The summed E-state index contributed by atoms with van der Waals surface area (Å²) >= 11 is 3.20. The topological polar surface area (TPSA) is 45.2 Å². The van der Waals surface area contributed by atoms with Gasteiger partial charge in [0, 0.05) is 25.7 Å². The fourth-order valence-corrected chi connectivity index (χ4v) is 5.82. The molecule has 4 aromatic rings. The number of nitrogens with one attached hydrogen (secondary N) is 1. The van der Waals surface area contributed by atoms with Crippen LogP contribution in [0.4, 0.5) is 0 Å². The molecule has 2 aromatic heterocycles. The molecular weight excluding hydrogens is 410 g/mol. The highest BCUT2D eigenvalue weighted by Crippen LogP contribution is 2.34. The first-order valence-corrected chi connectivity index (χ1v) is 11.9. The number of thiazole rings is 1. The van der Waals surface area contributed by atoms with E-state index in [4.69, 9.17) is 4.98 Å². The minimum absolute atomic E-state index is 0.0360. The molecule has 30 heavy (non-hydrogen) atoms. The molecule has 1 amide bonds. The summed E-state index contributed by atoms with van der Waals surface area (Å²) in [5, 5.41) is 4.22. The number of amides is 1. The van der Waals surface area contributed by atoms with Gasteiger partial charge in [0.2, 0.25) is 0 Å². The summed E-state index contributed by atoms with van der Waals surface area (Å²) < 4.78 is 1.18. The van der Waals surface area contributed by atoms with Crippen molar-refractivity contribution in [1.29, 1.82) is 0 Å². The van der Waals surface area contributed by atoms with Gasteiger partial charge in [0.05, 0.1) is 20.0 Å². The second-order valence-corrected chi connectivity index (χ2v) is 9.77. The zero-order valence-corrected chi connectivity index (χ0v) is 18.2. The molecule has 5 rings (SSSR count). The molecule has 0 unspecified atom stereocenters. The van der Waals surface area contributed by atoms with Gasteiger partial charge in [0.15, 0.2) is 0 Å². The number of hydrogen-bond donors (Lipinski definition) is 1. The zero-order chi connectivity index (χ0) is 20.3. The summed E-state index contributed by atoms with van der Waals surface area (Å²) in [7, 11) is 0. The predicted octanol–water partition coefficient (Wildman–Crippen LogP) is 5.42. The van der Waals surface area contributed by atoms with E-state index in [1.54, 1.807) is 11.3 Å². The van der Waals surface area contributed by atoms with Gasteiger partial charge < -0.3 is 5.32 Å². The van der Waals surface area contributed by atoms with Crippen LogP contribution in [-0.2, 0) is 6.54 Å². The molecule has 1 aliphatic rings. The van der Waals surface area contributed by atoms with Crippen LogP contribution < -0.4 is 5.32 Å². The Labute approximate surface area is 184 Å². The van der Waals surface area contributed by atoms with Crippen LogP contribution >= 0.6 is 22.7 Å². The molecule has 0 bridgehead atoms. The van der Waals surface area contributed by atoms with Gasteiger partial charge in [-0.3, -0.25) is 9.69 Å². The Bertz CT molecular complexity index is 1110. The minimum atomic E-state index is 0.0360. The first-order valence-electron chi connectivity index (χ1n) is 10.3. The number of likely N-dealkylation sites (tertiary alicyclic amines) is 1. The fraction of sp³-hybridized carbons (Fsp3) is 0.250. The smallest absolute Gasteiger partial charge is 0.261 e. The molecule has 3 heterocycles. The first kappa shape index (κ1) is 19.4. The van der Waals surface area contributed by atoms with Gasteiger partial charge in [-0.25, -0.2) is 4.98 Å². The van der Waals surface area contributed by atoms with Crippen LogP contribution in [0.15, 0.2) is 66.7 Å². The van der Waals surface area contributed by atoms with Crippen molar-refractivity contribution in [3.63, 3.8) is 0 Å². The molecule has 152 valence electrons. The van der Waals surface area contributed by atoms with Crippen LogP contribution in [0.25, 0.3) is 20.1 Å². The highest BCUT2D eigenvalue weighted by molar-refractivity contribution is 7.26. The van der Waals surface area contributed by atoms with Gasteiger partial charge in [-0.1, -0.05) is 42.5 Å². The first-order chi connectivity index (χ1) is 14.7. The monoisotopic (exact) mass is 433 g/mol. The summed E-state index contributed by atoms with van der Waals surface area (Å²) in [5.74, 6) is 0.0360. The molecule has 1 fully saturated rings. The summed E-state index contributed by atoms with van der Waals surface area (Å²) in [6.45, 7) is 3.01. The highest BCUT2D eigenvalue weighted by atomic mass is 32.1. The lowest BCUT2D eigenvalue weighted by Gasteiger charge is -2.32. The van der Waals surface area contributed by atoms with Crippen LogP contribution in [0.5, 0.6) is 0 Å². The van der Waals surface area contributed by atoms with E-state index >= 15 is 0 Å². The number of carbonyl (C=O) groups excluding carboxylic acids is 1. The highest BCUT2D eigenvalue weighted by Gasteiger charge is 2.22. The molecule has 1 saturated heterocycles. The van der Waals surface area contributed by atoms with E-state index < -0.39 is 0 Å². The Morgan fingerprint density at radius 1 is 0.967 bits per heavy atom. The largest absolute Gasteiger partial charge is 0.349 e. The molecule has 1 N–H and O–H groups in total. The SMILES string of the molecule is O=C(NC1CCN(Cc2ccccc2)CC1)c1ccc(-c2nc3ccccc3s2)s1. The second-order valence-electron chi connectivity index (χ2n) is 7.66. The average molecular weight is 434 g/mol. The number of fused-ring (bicyclic) bond motifs is 1. The number of hydrogen-bond acceptors (Lipinski definition) is 5. The third-order valence-corrected chi connectivity index (χ3v) is 7.80. The van der Waals surface area contributed by atoms with Crippen molar-refractivity contribution in [3.8, 4) is 9.88 Å². The maximum absolute atomic E-state index is 12.8. The number of carbonyl (C=O) groups is 1. The van der Waals surface area contributed by atoms with Gasteiger partial charge >= 0.3 is 0 Å². The second kappa shape index (κ2) is 8.68. The third-order valence-electron chi connectivity index (χ3n) is 5.51. The van der Waals surface area contributed by atoms with E-state index in [2.05, 4.69) is 46.6 Å². The van der Waals surface area contributed by atoms with Gasteiger partial charge in [-0.05, 0) is 42.7 Å². The number of rotatable bonds is 5. The van der Waals surface area contributed by atoms with Crippen LogP contribution in [0, 0.1) is 0 Å². The maximum Gasteiger partial charge on any atom is 0.261 e. The molecule has 0 spiro atoms. The van der Waals surface area contributed by atoms with Gasteiger partial charge in [-0.2, -0.15) is 0 Å². The number of benzene rings is 2. The summed E-state index contributed by atoms with van der Waals surface area (Å²) in [4.78, 5) is 21.8. The van der Waals surface area contributed by atoms with Crippen molar-refractivity contribution in [2.24, 2.45) is 0 Å². The third kappa shape index (κ3) is 4.31. The zero-order valence-electron chi connectivity index (χ0n) is 16.6. The van der Waals surface area contributed by atoms with Gasteiger partial charge in [0.25, 0.3) is 5.91 Å². The lowest BCUT2D eigenvalue weighted by molar-refractivity contribution is 0.0913. The molecular formula is C24H23N3OS2. The van der Waals surface area contributed by atoms with Crippen molar-refractivity contribution < 1.29 is 4.79 Å². The van der Waals surface area contributed by atoms with Gasteiger partial charge in [0.1, 0.15) is 5.01 Å². The normalized spacial score (nSPS) is 15.5. The quantitative estimate of drug-likeness (QED) is 0.457. The van der Waals surface area contributed by atoms with Crippen LogP contribution in [0.2, 0.25) is 0 Å². The molecule has 1 aliphatic heterocycles. The Kier molecular flexibility index (Phi) is 5.62. The van der Waals surface area contributed by atoms with E-state index in [1.165, 1.54) is 21.6 Å². The lowest BCUT2D eigenvalue weighted by atomic mass is 10.0. The summed E-state index contributed by atoms with van der Waals surface area (Å²) in [6, 6.07) is 22.9. The Morgan fingerprint density at radius 3 is 2.53 bits per heavy atom. The summed E-state index contributed by atoms with van der Waals surface area (Å²) in [5.41, 5.74) is 2.36. The maximum atomic E-state index is 12.8. The molecule has 4 nitrogen and oxygen atoms in total. The molecule has 0 aliphatic carbocycles. The summed E-state index contributed by atoms with van der Waals surface area (Å²) in [6.07, 6.45) is 1.99. The van der Waals surface area contributed by atoms with E-state index in [0.717, 1.165) is 52.8 Å². The van der Waals surface area contributed by atoms with Crippen molar-refractivity contribution in [3.05, 3.63) is 77.2 Å². The molecule has 0 saturated carbocycles. The minimum Gasteiger partial charge on any atom is -0.349 e. The Hall–Kier alpha value is -2.54. The molecule has 2 aromatic carbocycles. The van der Waals surface area contributed by atoms with Crippen LogP contribution in [0.3, 0.4) is 0 Å².